The maximum atomic E-state index is 10.9. The summed E-state index contributed by atoms with van der Waals surface area (Å²) in [5.41, 5.74) is 0. The Morgan fingerprint density at radius 3 is 2.06 bits per heavy atom. The standard InChI is InChI=1S/C7H14NO5P.2Na/c1-5(9)8-6(7(10)11)3-4-14(2,12)13;;/h6H,3-4H2,1-2H3,(H,8,9)(H,10,11)(H,12,13);;. The van der Waals surface area contributed by atoms with E-state index in [1.165, 1.54) is 6.92 Å². The first kappa shape index (κ1) is 22.3. The molecule has 2 unspecified atom stereocenters. The fraction of sp³-hybridized carbons (Fsp3) is 0.714. The van der Waals surface area contributed by atoms with E-state index in [4.69, 9.17) is 10.00 Å². The zero-order valence-electron chi connectivity index (χ0n) is 10.1. The number of aliphatic carboxylic acids is 1. The second kappa shape index (κ2) is 10.1. The molecule has 1 amide bonds. The van der Waals surface area contributed by atoms with E-state index in [-0.39, 0.29) is 71.7 Å². The molecule has 9 heteroatoms. The Labute approximate surface area is 139 Å². The summed E-state index contributed by atoms with van der Waals surface area (Å²) in [5.74, 6) is -1.67. The molecule has 2 radical (unpaired) electrons. The van der Waals surface area contributed by atoms with E-state index in [1.54, 1.807) is 0 Å². The van der Waals surface area contributed by atoms with Crippen molar-refractivity contribution in [3.8, 4) is 0 Å². The number of nitrogens with one attached hydrogen (secondary N) is 1. The van der Waals surface area contributed by atoms with Crippen LogP contribution in [0.4, 0.5) is 0 Å². The minimum absolute atomic E-state index is 0. The third-order valence-corrected chi connectivity index (χ3v) is 2.60. The van der Waals surface area contributed by atoms with Crippen molar-refractivity contribution in [2.45, 2.75) is 19.4 Å². The van der Waals surface area contributed by atoms with Crippen LogP contribution < -0.4 is 5.32 Å². The fourth-order valence-electron chi connectivity index (χ4n) is 0.871. The monoisotopic (exact) mass is 269 g/mol. The smallest absolute Gasteiger partial charge is 0.326 e. The Balaban J connectivity index is -0.000000845. The molecule has 0 bridgehead atoms. The molecule has 0 aliphatic rings. The molecule has 0 saturated heterocycles. The number of carboxylic acids is 1. The third-order valence-electron chi connectivity index (χ3n) is 1.51. The zero-order chi connectivity index (χ0) is 11.4. The van der Waals surface area contributed by atoms with Gasteiger partial charge in [-0.25, -0.2) is 4.79 Å². The molecule has 0 aliphatic carbocycles. The summed E-state index contributed by atoms with van der Waals surface area (Å²) >= 11 is 0. The van der Waals surface area contributed by atoms with Gasteiger partial charge >= 0.3 is 5.97 Å². The summed E-state index contributed by atoms with van der Waals surface area (Å²) < 4.78 is 10.9. The topological polar surface area (TPSA) is 104 Å². The zero-order valence-corrected chi connectivity index (χ0v) is 15.0. The van der Waals surface area contributed by atoms with Gasteiger partial charge in [0.1, 0.15) is 6.04 Å². The van der Waals surface area contributed by atoms with E-state index in [0.717, 1.165) is 6.66 Å². The van der Waals surface area contributed by atoms with Gasteiger partial charge in [-0.1, -0.05) is 0 Å². The van der Waals surface area contributed by atoms with Gasteiger partial charge in [0.25, 0.3) is 0 Å². The van der Waals surface area contributed by atoms with Crippen LogP contribution in [-0.2, 0) is 14.2 Å². The van der Waals surface area contributed by atoms with Crippen LogP contribution in [0.3, 0.4) is 0 Å². The van der Waals surface area contributed by atoms with Crippen LogP contribution in [-0.4, -0.2) is 99.9 Å². The summed E-state index contributed by atoms with van der Waals surface area (Å²) in [4.78, 5) is 30.1. The van der Waals surface area contributed by atoms with Crippen molar-refractivity contribution in [2.24, 2.45) is 0 Å². The van der Waals surface area contributed by atoms with Crippen molar-refractivity contribution in [3.05, 3.63) is 0 Å². The molecule has 0 fully saturated rings. The van der Waals surface area contributed by atoms with Gasteiger partial charge in [-0.2, -0.15) is 0 Å². The molecule has 2 atom stereocenters. The van der Waals surface area contributed by atoms with Crippen molar-refractivity contribution < 1.29 is 24.2 Å². The average Bonchev–Trinajstić information content (AvgIpc) is 1.94. The molecule has 0 rings (SSSR count). The molecule has 0 spiro atoms. The molecule has 6 nitrogen and oxygen atoms in total. The van der Waals surface area contributed by atoms with Gasteiger partial charge in [-0.15, -0.1) is 0 Å². The predicted octanol–water partition coefficient (Wildman–Crippen LogP) is -0.896. The van der Waals surface area contributed by atoms with E-state index >= 15 is 0 Å². The first-order valence-corrected chi connectivity index (χ1v) is 6.31. The average molecular weight is 269 g/mol. The first-order chi connectivity index (χ1) is 6.22. The Kier molecular flexibility index (Phi) is 14.1. The Hall–Kier alpha value is 1.13. The van der Waals surface area contributed by atoms with Gasteiger partial charge in [0.15, 0.2) is 7.37 Å². The fourth-order valence-corrected chi connectivity index (χ4v) is 1.61. The van der Waals surface area contributed by atoms with Crippen LogP contribution in [0.15, 0.2) is 0 Å². The van der Waals surface area contributed by atoms with Crippen molar-refractivity contribution in [1.29, 1.82) is 0 Å². The van der Waals surface area contributed by atoms with Gasteiger partial charge < -0.3 is 15.3 Å². The van der Waals surface area contributed by atoms with Gasteiger partial charge in [-0.3, -0.25) is 9.36 Å². The number of carbonyl (C=O) groups excluding carboxylic acids is 1. The van der Waals surface area contributed by atoms with E-state index in [0.29, 0.717) is 0 Å². The van der Waals surface area contributed by atoms with Crippen LogP contribution in [0.5, 0.6) is 0 Å². The van der Waals surface area contributed by atoms with Gasteiger partial charge in [-0.05, 0) is 6.42 Å². The quantitative estimate of drug-likeness (QED) is 0.443. The van der Waals surface area contributed by atoms with E-state index in [2.05, 4.69) is 5.32 Å². The number of rotatable bonds is 5. The Morgan fingerprint density at radius 2 is 1.81 bits per heavy atom. The number of carbonyl (C=O) groups is 2. The SMILES string of the molecule is CC(=O)NC(CCP(C)(=O)O)C(=O)O.[Na].[Na]. The van der Waals surface area contributed by atoms with E-state index < -0.39 is 25.3 Å². The predicted molar refractivity (Wildman–Crippen MR) is 62.0 cm³/mol. The molecule has 0 aromatic rings. The molecule has 0 aromatic carbocycles. The van der Waals surface area contributed by atoms with Crippen LogP contribution in [0.25, 0.3) is 0 Å². The largest absolute Gasteiger partial charge is 0.480 e. The number of carboxylic acid groups (broad SMARTS) is 1. The molecular weight excluding hydrogens is 255 g/mol. The normalized spacial score (nSPS) is 14.7. The van der Waals surface area contributed by atoms with Crippen LogP contribution in [0.1, 0.15) is 13.3 Å². The van der Waals surface area contributed by atoms with Crippen LogP contribution in [0, 0.1) is 0 Å². The second-order valence-electron chi connectivity index (χ2n) is 3.15. The summed E-state index contributed by atoms with van der Waals surface area (Å²) in [7, 11) is -3.22. The van der Waals surface area contributed by atoms with Crippen molar-refractivity contribution in [3.63, 3.8) is 0 Å². The summed E-state index contributed by atoms with van der Waals surface area (Å²) in [6, 6.07) is -1.09. The van der Waals surface area contributed by atoms with Crippen LogP contribution in [0.2, 0.25) is 0 Å². The van der Waals surface area contributed by atoms with Gasteiger partial charge in [0.2, 0.25) is 5.91 Å². The van der Waals surface area contributed by atoms with Crippen molar-refractivity contribution in [2.75, 3.05) is 12.8 Å². The molecule has 16 heavy (non-hydrogen) atoms. The van der Waals surface area contributed by atoms with Crippen LogP contribution >= 0.6 is 7.37 Å². The summed E-state index contributed by atoms with van der Waals surface area (Å²) in [6.07, 6.45) is -0.163. The Morgan fingerprint density at radius 1 is 1.38 bits per heavy atom. The first-order valence-electron chi connectivity index (χ1n) is 4.01. The summed E-state index contributed by atoms with van der Waals surface area (Å²) in [5, 5.41) is 10.8. The molecule has 0 aromatic heterocycles. The molecule has 0 aliphatic heterocycles. The molecular formula is C7H14NNa2O5P. The minimum Gasteiger partial charge on any atom is -0.480 e. The second-order valence-corrected chi connectivity index (χ2v) is 5.70. The molecule has 0 saturated carbocycles. The number of hydrogen-bond donors (Lipinski definition) is 3. The van der Waals surface area contributed by atoms with Crippen molar-refractivity contribution in [1.82, 2.24) is 5.32 Å². The number of hydrogen-bond acceptors (Lipinski definition) is 3. The van der Waals surface area contributed by atoms with Gasteiger partial charge in [0.05, 0.1) is 0 Å². The van der Waals surface area contributed by atoms with E-state index in [1.807, 2.05) is 0 Å². The maximum Gasteiger partial charge on any atom is 0.326 e. The molecule has 0 heterocycles. The minimum atomic E-state index is -3.22. The third kappa shape index (κ3) is 13.2. The molecule has 84 valence electrons. The Bertz CT molecular complexity index is 280. The van der Waals surface area contributed by atoms with Crippen molar-refractivity contribution >= 4 is 78.4 Å². The molecule has 3 N–H and O–H groups in total. The maximum absolute atomic E-state index is 10.9. The van der Waals surface area contributed by atoms with Gasteiger partial charge in [0, 0.05) is 78.9 Å². The summed E-state index contributed by atoms with van der Waals surface area (Å²) in [6.45, 7) is 2.35. The van der Waals surface area contributed by atoms with E-state index in [9.17, 15) is 14.2 Å². The number of amides is 1.